The molecule has 0 amide bonds. The number of rotatable bonds is 1. The fraction of sp³-hybridized carbons (Fsp3) is 0. The maximum atomic E-state index is 6.16. The monoisotopic (exact) mass is 275 g/mol. The first-order valence-electron chi connectivity index (χ1n) is 6.59. The molecule has 0 bridgehead atoms. The highest BCUT2D eigenvalue weighted by atomic mass is 32.1. The molecule has 3 aromatic carbocycles. The molecule has 0 atom stereocenters. The topological polar surface area (TPSA) is 26.0 Å². The summed E-state index contributed by atoms with van der Waals surface area (Å²) >= 11 is 1.80. The second kappa shape index (κ2) is 4.36. The molecular formula is C18H13NS. The Morgan fingerprint density at radius 1 is 0.700 bits per heavy atom. The Hall–Kier alpha value is -2.32. The fourth-order valence-corrected chi connectivity index (χ4v) is 3.78. The molecule has 1 aromatic heterocycles. The number of fused-ring (bicyclic) bond motifs is 3. The molecule has 1 nitrogen and oxygen atoms in total. The van der Waals surface area contributed by atoms with Crippen LogP contribution >= 0.6 is 11.3 Å². The average Bonchev–Trinajstić information content (AvgIpc) is 2.87. The Morgan fingerprint density at radius 2 is 1.55 bits per heavy atom. The number of benzene rings is 3. The largest absolute Gasteiger partial charge is 0.398 e. The van der Waals surface area contributed by atoms with Crippen LogP contribution in [0.1, 0.15) is 0 Å². The summed E-state index contributed by atoms with van der Waals surface area (Å²) in [6, 6.07) is 23.2. The van der Waals surface area contributed by atoms with Crippen LogP contribution in [0, 0.1) is 0 Å². The second-order valence-corrected chi connectivity index (χ2v) is 5.98. The zero-order valence-corrected chi connectivity index (χ0v) is 11.7. The molecule has 0 fully saturated rings. The summed E-state index contributed by atoms with van der Waals surface area (Å²) in [5.41, 5.74) is 9.50. The number of hydrogen-bond acceptors (Lipinski definition) is 2. The number of anilines is 1. The first-order chi connectivity index (χ1) is 9.83. The van der Waals surface area contributed by atoms with E-state index in [-0.39, 0.29) is 0 Å². The van der Waals surface area contributed by atoms with Crippen molar-refractivity contribution < 1.29 is 0 Å². The van der Waals surface area contributed by atoms with Crippen molar-refractivity contribution in [3.8, 4) is 11.1 Å². The predicted molar refractivity (Wildman–Crippen MR) is 89.2 cm³/mol. The van der Waals surface area contributed by atoms with Gasteiger partial charge in [-0.15, -0.1) is 11.3 Å². The molecule has 0 radical (unpaired) electrons. The zero-order chi connectivity index (χ0) is 13.5. The van der Waals surface area contributed by atoms with Gasteiger partial charge in [0.25, 0.3) is 0 Å². The molecule has 2 N–H and O–H groups in total. The van der Waals surface area contributed by atoms with E-state index in [1.54, 1.807) is 11.3 Å². The Labute approximate surface area is 121 Å². The van der Waals surface area contributed by atoms with Gasteiger partial charge >= 0.3 is 0 Å². The Morgan fingerprint density at radius 3 is 2.40 bits per heavy atom. The van der Waals surface area contributed by atoms with Gasteiger partial charge in [-0.05, 0) is 35.4 Å². The van der Waals surface area contributed by atoms with Crippen molar-refractivity contribution in [3.63, 3.8) is 0 Å². The summed E-state index contributed by atoms with van der Waals surface area (Å²) < 4.78 is 2.54. The molecule has 2 heteroatoms. The summed E-state index contributed by atoms with van der Waals surface area (Å²) in [7, 11) is 0. The SMILES string of the molecule is Nc1cccc2sc3ccc(-c4ccccc4)cc3c12. The van der Waals surface area contributed by atoms with Crippen LogP contribution in [0.3, 0.4) is 0 Å². The molecule has 0 unspecified atom stereocenters. The minimum absolute atomic E-state index is 0.860. The highest BCUT2D eigenvalue weighted by Crippen LogP contribution is 2.38. The van der Waals surface area contributed by atoms with Gasteiger partial charge in [-0.25, -0.2) is 0 Å². The smallest absolute Gasteiger partial charge is 0.0408 e. The minimum atomic E-state index is 0.860. The van der Waals surface area contributed by atoms with E-state index in [1.165, 1.54) is 31.3 Å². The quantitative estimate of drug-likeness (QED) is 0.468. The Bertz CT molecular complexity index is 907. The van der Waals surface area contributed by atoms with Gasteiger partial charge in [0.1, 0.15) is 0 Å². The maximum absolute atomic E-state index is 6.16. The summed E-state index contributed by atoms with van der Waals surface area (Å²) in [6.45, 7) is 0. The van der Waals surface area contributed by atoms with Crippen LogP contribution in [-0.2, 0) is 0 Å². The minimum Gasteiger partial charge on any atom is -0.398 e. The third-order valence-corrected chi connectivity index (χ3v) is 4.77. The van der Waals surface area contributed by atoms with Gasteiger partial charge in [-0.3, -0.25) is 0 Å². The number of hydrogen-bond donors (Lipinski definition) is 1. The maximum Gasteiger partial charge on any atom is 0.0408 e. The number of nitrogen functional groups attached to an aromatic ring is 1. The Balaban J connectivity index is 2.06. The van der Waals surface area contributed by atoms with E-state index in [0.29, 0.717) is 0 Å². The van der Waals surface area contributed by atoms with Crippen LogP contribution < -0.4 is 5.73 Å². The molecule has 0 aliphatic heterocycles. The summed E-state index contributed by atoms with van der Waals surface area (Å²) in [6.07, 6.45) is 0. The summed E-state index contributed by atoms with van der Waals surface area (Å²) in [5, 5.41) is 2.44. The van der Waals surface area contributed by atoms with Gasteiger partial charge in [0, 0.05) is 25.9 Å². The van der Waals surface area contributed by atoms with Gasteiger partial charge in [-0.1, -0.05) is 42.5 Å². The van der Waals surface area contributed by atoms with Crippen LogP contribution in [0.15, 0.2) is 66.7 Å². The van der Waals surface area contributed by atoms with Crippen molar-refractivity contribution in [2.75, 3.05) is 5.73 Å². The molecule has 20 heavy (non-hydrogen) atoms. The van der Waals surface area contributed by atoms with Crippen molar-refractivity contribution >= 4 is 37.2 Å². The average molecular weight is 275 g/mol. The molecule has 4 aromatic rings. The Kier molecular flexibility index (Phi) is 2.51. The first-order valence-corrected chi connectivity index (χ1v) is 7.41. The molecule has 1 heterocycles. The van der Waals surface area contributed by atoms with Gasteiger partial charge in [0.2, 0.25) is 0 Å². The molecule has 0 aliphatic rings. The highest BCUT2D eigenvalue weighted by molar-refractivity contribution is 7.26. The molecular weight excluding hydrogens is 262 g/mol. The van der Waals surface area contributed by atoms with Gasteiger partial charge in [0.15, 0.2) is 0 Å². The number of nitrogens with two attached hydrogens (primary N) is 1. The fourth-order valence-electron chi connectivity index (χ4n) is 2.66. The summed E-state index contributed by atoms with van der Waals surface area (Å²) in [4.78, 5) is 0. The van der Waals surface area contributed by atoms with Crippen LogP contribution in [0.5, 0.6) is 0 Å². The lowest BCUT2D eigenvalue weighted by atomic mass is 10.0. The van der Waals surface area contributed by atoms with Crippen molar-refractivity contribution in [2.45, 2.75) is 0 Å². The molecule has 0 saturated heterocycles. The standard InChI is InChI=1S/C18H13NS/c19-15-7-4-8-17-18(15)14-11-13(9-10-16(14)20-17)12-5-2-1-3-6-12/h1-11H,19H2. The van der Waals surface area contributed by atoms with Gasteiger partial charge in [-0.2, -0.15) is 0 Å². The lowest BCUT2D eigenvalue weighted by Crippen LogP contribution is -1.84. The highest BCUT2D eigenvalue weighted by Gasteiger charge is 2.08. The first kappa shape index (κ1) is 11.5. The normalized spacial score (nSPS) is 11.2. The molecule has 96 valence electrons. The van der Waals surface area contributed by atoms with Crippen LogP contribution in [0.4, 0.5) is 5.69 Å². The van der Waals surface area contributed by atoms with Crippen molar-refractivity contribution in [3.05, 3.63) is 66.7 Å². The molecule has 0 saturated carbocycles. The third-order valence-electron chi connectivity index (χ3n) is 3.63. The van der Waals surface area contributed by atoms with E-state index in [1.807, 2.05) is 18.2 Å². The van der Waals surface area contributed by atoms with Crippen molar-refractivity contribution in [1.29, 1.82) is 0 Å². The van der Waals surface area contributed by atoms with Gasteiger partial charge in [0.05, 0.1) is 0 Å². The van der Waals surface area contributed by atoms with E-state index in [9.17, 15) is 0 Å². The van der Waals surface area contributed by atoms with Crippen LogP contribution in [-0.4, -0.2) is 0 Å². The third kappa shape index (κ3) is 1.69. The van der Waals surface area contributed by atoms with Crippen molar-refractivity contribution in [1.82, 2.24) is 0 Å². The van der Waals surface area contributed by atoms with E-state index in [2.05, 4.69) is 48.5 Å². The van der Waals surface area contributed by atoms with E-state index in [4.69, 9.17) is 5.73 Å². The lowest BCUT2D eigenvalue weighted by molar-refractivity contribution is 1.66. The molecule has 4 rings (SSSR count). The zero-order valence-electron chi connectivity index (χ0n) is 10.8. The molecule has 0 spiro atoms. The van der Waals surface area contributed by atoms with Crippen LogP contribution in [0.2, 0.25) is 0 Å². The summed E-state index contributed by atoms with van der Waals surface area (Å²) in [5.74, 6) is 0. The molecule has 0 aliphatic carbocycles. The predicted octanol–water partition coefficient (Wildman–Crippen LogP) is 5.30. The lowest BCUT2D eigenvalue weighted by Gasteiger charge is -2.02. The van der Waals surface area contributed by atoms with Crippen molar-refractivity contribution in [2.24, 2.45) is 0 Å². The van der Waals surface area contributed by atoms with E-state index in [0.717, 1.165) is 5.69 Å². The second-order valence-electron chi connectivity index (χ2n) is 4.90. The van der Waals surface area contributed by atoms with E-state index >= 15 is 0 Å². The van der Waals surface area contributed by atoms with Crippen LogP contribution in [0.25, 0.3) is 31.3 Å². The number of thiophene rings is 1. The van der Waals surface area contributed by atoms with E-state index < -0.39 is 0 Å². The van der Waals surface area contributed by atoms with Gasteiger partial charge < -0.3 is 5.73 Å².